The Kier molecular flexibility index (Phi) is 4.09. The number of rotatable bonds is 5. The largest absolute Gasteiger partial charge is 0.294 e. The van der Waals surface area contributed by atoms with E-state index in [9.17, 15) is 9.18 Å². The Hall–Kier alpha value is -1.69. The number of nitrogens with zero attached hydrogens (tertiary/aromatic N) is 3. The molecule has 0 amide bonds. The third-order valence-electron chi connectivity index (χ3n) is 2.40. The molecule has 2 rings (SSSR count). The Bertz CT molecular complexity index is 539. The molecule has 0 aliphatic rings. The number of hydrogen-bond acceptors (Lipinski definition) is 4. The number of halogens is 1. The van der Waals surface area contributed by atoms with Crippen molar-refractivity contribution < 1.29 is 9.18 Å². The highest BCUT2D eigenvalue weighted by molar-refractivity contribution is 7.99. The van der Waals surface area contributed by atoms with Crippen LogP contribution in [0.5, 0.6) is 0 Å². The summed E-state index contributed by atoms with van der Waals surface area (Å²) in [4.78, 5) is 15.8. The van der Waals surface area contributed by atoms with E-state index in [0.717, 1.165) is 5.16 Å². The molecule has 0 spiro atoms. The average molecular weight is 265 g/mol. The molecule has 1 aromatic carbocycles. The summed E-state index contributed by atoms with van der Waals surface area (Å²) in [5, 5.41) is 4.72. The lowest BCUT2D eigenvalue weighted by atomic mass is 10.1. The Labute approximate surface area is 108 Å². The van der Waals surface area contributed by atoms with Gasteiger partial charge in [0.2, 0.25) is 0 Å². The number of ketones is 1. The van der Waals surface area contributed by atoms with Gasteiger partial charge in [0.15, 0.2) is 10.9 Å². The number of aryl methyl sites for hydroxylation is 1. The predicted molar refractivity (Wildman–Crippen MR) is 67.1 cm³/mol. The molecule has 0 aliphatic heterocycles. The van der Waals surface area contributed by atoms with Crippen molar-refractivity contribution in [2.75, 3.05) is 5.75 Å². The number of benzene rings is 1. The summed E-state index contributed by atoms with van der Waals surface area (Å²) < 4.78 is 14.4. The summed E-state index contributed by atoms with van der Waals surface area (Å²) in [6.07, 6.45) is 1.87. The van der Waals surface area contributed by atoms with Crippen LogP contribution in [0.2, 0.25) is 0 Å². The molecule has 2 aromatic rings. The first-order valence-corrected chi connectivity index (χ1v) is 6.41. The first-order valence-electron chi connectivity index (χ1n) is 5.42. The van der Waals surface area contributed by atoms with Crippen LogP contribution in [0, 0.1) is 5.82 Å². The number of thioether (sulfide) groups is 1. The highest BCUT2D eigenvalue weighted by atomic mass is 32.2. The Morgan fingerprint density at radius 2 is 2.11 bits per heavy atom. The van der Waals surface area contributed by atoms with E-state index in [1.807, 2.05) is 0 Å². The fraction of sp³-hybridized carbons (Fsp3) is 0.250. The molecule has 0 saturated heterocycles. The second kappa shape index (κ2) is 5.77. The molecule has 1 aromatic heterocycles. The minimum absolute atomic E-state index is 0.00432. The Balaban J connectivity index is 1.85. The summed E-state index contributed by atoms with van der Waals surface area (Å²) in [5.74, 6) is 0.299. The van der Waals surface area contributed by atoms with Crippen LogP contribution in [0.15, 0.2) is 35.7 Å². The fourth-order valence-corrected chi connectivity index (χ4v) is 2.26. The number of carbonyl (C=O) groups excluding carboxylic acids is 1. The zero-order valence-corrected chi connectivity index (χ0v) is 10.7. The van der Waals surface area contributed by atoms with E-state index in [-0.39, 0.29) is 11.6 Å². The minimum atomic E-state index is -0.333. The maximum Gasteiger partial charge on any atom is 0.185 e. The van der Waals surface area contributed by atoms with Crippen molar-refractivity contribution in [1.82, 2.24) is 14.8 Å². The maximum atomic E-state index is 12.7. The van der Waals surface area contributed by atoms with Gasteiger partial charge in [0.25, 0.3) is 0 Å². The normalized spacial score (nSPS) is 10.6. The number of aromatic nitrogens is 3. The van der Waals surface area contributed by atoms with Crippen LogP contribution in [-0.4, -0.2) is 26.3 Å². The standard InChI is InChI=1S/C12H12FN3OS/c1-16-12(14-8-15-16)18-7-6-11(17)9-2-4-10(13)5-3-9/h2-5,8H,6-7H2,1H3. The van der Waals surface area contributed by atoms with Crippen molar-refractivity contribution in [3.05, 3.63) is 42.0 Å². The molecule has 0 unspecified atom stereocenters. The predicted octanol–water partition coefficient (Wildman–Crippen LogP) is 2.32. The molecular weight excluding hydrogens is 253 g/mol. The van der Waals surface area contributed by atoms with Crippen molar-refractivity contribution >= 4 is 17.5 Å². The zero-order chi connectivity index (χ0) is 13.0. The summed E-state index contributed by atoms with van der Waals surface area (Å²) in [6.45, 7) is 0. The van der Waals surface area contributed by atoms with Gasteiger partial charge in [0, 0.05) is 24.8 Å². The van der Waals surface area contributed by atoms with E-state index in [4.69, 9.17) is 0 Å². The molecule has 0 N–H and O–H groups in total. The molecule has 0 radical (unpaired) electrons. The topological polar surface area (TPSA) is 47.8 Å². The molecule has 94 valence electrons. The summed E-state index contributed by atoms with van der Waals surface area (Å²) in [6, 6.07) is 5.60. The van der Waals surface area contributed by atoms with Crippen LogP contribution in [0.25, 0.3) is 0 Å². The number of Topliss-reactive ketones (excluding diaryl/α,β-unsaturated/α-hetero) is 1. The third-order valence-corrected chi connectivity index (χ3v) is 3.43. The van der Waals surface area contributed by atoms with Gasteiger partial charge in [-0.3, -0.25) is 4.79 Å². The SMILES string of the molecule is Cn1ncnc1SCCC(=O)c1ccc(F)cc1. The fourth-order valence-electron chi connectivity index (χ4n) is 1.43. The van der Waals surface area contributed by atoms with E-state index >= 15 is 0 Å². The van der Waals surface area contributed by atoms with Gasteiger partial charge in [-0.15, -0.1) is 0 Å². The van der Waals surface area contributed by atoms with Crippen molar-refractivity contribution in [3.63, 3.8) is 0 Å². The second-order valence-electron chi connectivity index (χ2n) is 3.69. The zero-order valence-electron chi connectivity index (χ0n) is 9.84. The van der Waals surface area contributed by atoms with Gasteiger partial charge in [-0.2, -0.15) is 5.10 Å². The number of hydrogen-bond donors (Lipinski definition) is 0. The lowest BCUT2D eigenvalue weighted by molar-refractivity contribution is 0.0989. The molecule has 18 heavy (non-hydrogen) atoms. The molecule has 4 nitrogen and oxygen atoms in total. The molecule has 0 saturated carbocycles. The summed E-state index contributed by atoms with van der Waals surface area (Å²) >= 11 is 1.47. The van der Waals surface area contributed by atoms with E-state index in [1.54, 1.807) is 11.7 Å². The molecule has 0 aliphatic carbocycles. The van der Waals surface area contributed by atoms with E-state index in [0.29, 0.717) is 17.7 Å². The van der Waals surface area contributed by atoms with Crippen molar-refractivity contribution in [3.8, 4) is 0 Å². The van der Waals surface area contributed by atoms with Crippen LogP contribution in [0.3, 0.4) is 0 Å². The van der Waals surface area contributed by atoms with Crippen LogP contribution in [0.1, 0.15) is 16.8 Å². The van der Waals surface area contributed by atoms with E-state index in [1.165, 1.54) is 42.4 Å². The monoisotopic (exact) mass is 265 g/mol. The van der Waals surface area contributed by atoms with Crippen LogP contribution < -0.4 is 0 Å². The Morgan fingerprint density at radius 1 is 1.39 bits per heavy atom. The molecule has 0 bridgehead atoms. The summed E-state index contributed by atoms with van der Waals surface area (Å²) in [7, 11) is 1.80. The lowest BCUT2D eigenvalue weighted by Gasteiger charge is -2.01. The van der Waals surface area contributed by atoms with Crippen LogP contribution in [0.4, 0.5) is 4.39 Å². The van der Waals surface area contributed by atoms with Gasteiger partial charge in [-0.1, -0.05) is 11.8 Å². The first-order chi connectivity index (χ1) is 8.66. The maximum absolute atomic E-state index is 12.7. The lowest BCUT2D eigenvalue weighted by Crippen LogP contribution is -2.01. The van der Waals surface area contributed by atoms with Crippen molar-refractivity contribution in [1.29, 1.82) is 0 Å². The van der Waals surface area contributed by atoms with Crippen LogP contribution >= 0.6 is 11.8 Å². The molecule has 6 heteroatoms. The smallest absolute Gasteiger partial charge is 0.185 e. The molecule has 0 atom stereocenters. The van der Waals surface area contributed by atoms with Gasteiger partial charge in [0.05, 0.1) is 0 Å². The highest BCUT2D eigenvalue weighted by Crippen LogP contribution is 2.16. The number of carbonyl (C=O) groups is 1. The van der Waals surface area contributed by atoms with Crippen molar-refractivity contribution in [2.24, 2.45) is 7.05 Å². The summed E-state index contributed by atoms with van der Waals surface area (Å²) in [5.41, 5.74) is 0.537. The molecule has 0 fully saturated rings. The first kappa shape index (κ1) is 12.8. The van der Waals surface area contributed by atoms with Gasteiger partial charge < -0.3 is 0 Å². The van der Waals surface area contributed by atoms with Gasteiger partial charge >= 0.3 is 0 Å². The van der Waals surface area contributed by atoms with Gasteiger partial charge in [0.1, 0.15) is 12.1 Å². The molecule has 1 heterocycles. The van der Waals surface area contributed by atoms with Crippen LogP contribution in [-0.2, 0) is 7.05 Å². The van der Waals surface area contributed by atoms with Gasteiger partial charge in [-0.05, 0) is 24.3 Å². The van der Waals surface area contributed by atoms with Crippen molar-refractivity contribution in [2.45, 2.75) is 11.6 Å². The van der Waals surface area contributed by atoms with E-state index in [2.05, 4.69) is 10.1 Å². The third kappa shape index (κ3) is 3.16. The molecular formula is C12H12FN3OS. The second-order valence-corrected chi connectivity index (χ2v) is 4.76. The Morgan fingerprint density at radius 3 is 2.72 bits per heavy atom. The van der Waals surface area contributed by atoms with E-state index < -0.39 is 0 Å². The van der Waals surface area contributed by atoms with Gasteiger partial charge in [-0.25, -0.2) is 14.1 Å². The average Bonchev–Trinajstić information content (AvgIpc) is 2.76. The highest BCUT2D eigenvalue weighted by Gasteiger charge is 2.07. The quantitative estimate of drug-likeness (QED) is 0.615. The minimum Gasteiger partial charge on any atom is -0.294 e.